The van der Waals surface area contributed by atoms with Crippen molar-refractivity contribution in [1.29, 1.82) is 0 Å². The van der Waals surface area contributed by atoms with Gasteiger partial charge in [0.15, 0.2) is 5.88 Å². The highest BCUT2D eigenvalue weighted by atomic mass is 32.2. The number of piperidine rings is 1. The van der Waals surface area contributed by atoms with Crippen molar-refractivity contribution in [1.82, 2.24) is 19.3 Å². The van der Waals surface area contributed by atoms with Crippen molar-refractivity contribution in [2.75, 3.05) is 32.9 Å². The zero-order valence-corrected chi connectivity index (χ0v) is 25.7. The number of thiol groups is 1. The Bertz CT molecular complexity index is 1510. The summed E-state index contributed by atoms with van der Waals surface area (Å²) < 4.78 is 14.9. The van der Waals surface area contributed by atoms with E-state index in [4.69, 9.17) is 9.47 Å². The minimum Gasteiger partial charge on any atom is -0.490 e. The second kappa shape index (κ2) is 12.1. The molecule has 2 aliphatic heterocycles. The van der Waals surface area contributed by atoms with Gasteiger partial charge in [-0.15, -0.1) is 12.6 Å². The zero-order valence-electron chi connectivity index (χ0n) is 24.0. The summed E-state index contributed by atoms with van der Waals surface area (Å²) in [6.07, 6.45) is 5.27. The Morgan fingerprint density at radius 2 is 1.71 bits per heavy atom. The van der Waals surface area contributed by atoms with E-state index in [9.17, 15) is 0 Å². The zero-order chi connectivity index (χ0) is 28.5. The van der Waals surface area contributed by atoms with Gasteiger partial charge in [0.2, 0.25) is 0 Å². The van der Waals surface area contributed by atoms with Crippen LogP contribution in [-0.2, 0) is 6.42 Å². The fraction of sp³-hybridized carbons (Fsp3) is 0.333. The Morgan fingerprint density at radius 1 is 1.00 bits per heavy atom. The van der Waals surface area contributed by atoms with E-state index in [1.807, 2.05) is 18.2 Å². The highest BCUT2D eigenvalue weighted by Gasteiger charge is 2.33. The summed E-state index contributed by atoms with van der Waals surface area (Å²) >= 11 is 6.36. The lowest BCUT2D eigenvalue weighted by atomic mass is 9.92. The number of H-pyrrole nitrogens is 1. The molecule has 0 amide bonds. The van der Waals surface area contributed by atoms with Crippen molar-refractivity contribution in [3.63, 3.8) is 0 Å². The van der Waals surface area contributed by atoms with Crippen LogP contribution in [0, 0.1) is 6.92 Å². The number of ether oxygens (including phenoxy) is 2. The largest absolute Gasteiger partial charge is 0.490 e. The molecule has 0 bridgehead atoms. The van der Waals surface area contributed by atoms with Crippen molar-refractivity contribution < 1.29 is 9.47 Å². The average molecular weight is 587 g/mol. The number of aromatic nitrogens is 1. The first-order valence-corrected chi connectivity index (χ1v) is 15.9. The average Bonchev–Trinajstić information content (AvgIpc) is 3.36. The fourth-order valence-corrected chi connectivity index (χ4v) is 6.57. The van der Waals surface area contributed by atoms with Crippen LogP contribution in [0.3, 0.4) is 0 Å². The molecule has 2 aliphatic rings. The van der Waals surface area contributed by atoms with Gasteiger partial charge in [-0.05, 0) is 92.6 Å². The predicted octanol–water partition coefficient (Wildman–Crippen LogP) is 7.23. The maximum atomic E-state index is 6.43. The van der Waals surface area contributed by atoms with Crippen molar-refractivity contribution in [2.45, 2.75) is 43.2 Å². The number of benzene rings is 3. The molecule has 0 saturated carbocycles. The summed E-state index contributed by atoms with van der Waals surface area (Å²) in [5.41, 5.74) is 6.01. The van der Waals surface area contributed by atoms with Gasteiger partial charge in [-0.3, -0.25) is 0 Å². The Labute approximate surface area is 252 Å². The molecule has 1 atom stereocenters. The minimum atomic E-state index is -0.0631. The number of aromatic amines is 1. The lowest BCUT2D eigenvalue weighted by Crippen LogP contribution is -2.44. The van der Waals surface area contributed by atoms with Crippen molar-refractivity contribution in [3.8, 4) is 11.5 Å². The van der Waals surface area contributed by atoms with Crippen LogP contribution in [0.4, 0.5) is 0 Å². The third-order valence-electron chi connectivity index (χ3n) is 8.27. The lowest BCUT2D eigenvalue weighted by Gasteiger charge is -2.38. The lowest BCUT2D eigenvalue weighted by molar-refractivity contribution is 0.0227. The molecule has 0 spiro atoms. The maximum Gasteiger partial charge on any atom is 0.189 e. The molecule has 1 fully saturated rings. The molecule has 4 aromatic rings. The van der Waals surface area contributed by atoms with E-state index in [2.05, 4.69) is 107 Å². The molecule has 0 radical (unpaired) electrons. The van der Waals surface area contributed by atoms with E-state index < -0.39 is 0 Å². The van der Waals surface area contributed by atoms with Crippen LogP contribution < -0.4 is 9.47 Å². The molecule has 6 nitrogen and oxygen atoms in total. The van der Waals surface area contributed by atoms with E-state index in [0.717, 1.165) is 60.8 Å². The molecule has 1 N–H and O–H groups in total. The van der Waals surface area contributed by atoms with Crippen LogP contribution in [0.5, 0.6) is 11.5 Å². The Balaban J connectivity index is 1.26. The summed E-state index contributed by atoms with van der Waals surface area (Å²) in [4.78, 5) is 6.97. The molecule has 1 saturated heterocycles. The number of rotatable bonds is 8. The van der Waals surface area contributed by atoms with Crippen LogP contribution in [-0.4, -0.2) is 58.3 Å². The summed E-state index contributed by atoms with van der Waals surface area (Å²) in [6.45, 7) is 9.27. The van der Waals surface area contributed by atoms with E-state index in [-0.39, 0.29) is 12.1 Å². The second-order valence-electron chi connectivity index (χ2n) is 10.9. The Hall–Kier alpha value is -3.04. The van der Waals surface area contributed by atoms with E-state index in [1.165, 1.54) is 27.8 Å². The topological polar surface area (TPSA) is 44.0 Å². The molecule has 1 unspecified atom stereocenters. The SMILES string of the molecule is C=C(Oc1ccc(C)cc1)N1CCc2c([nH]c3ccc(S)cc23)C1c1ccc(OC2CCN(N(C)SC)CC2)cc1. The van der Waals surface area contributed by atoms with Crippen LogP contribution in [0.15, 0.2) is 84.1 Å². The molecule has 214 valence electrons. The highest BCUT2D eigenvalue weighted by molar-refractivity contribution is 7.96. The van der Waals surface area contributed by atoms with Crippen LogP contribution in [0.2, 0.25) is 0 Å². The molecular formula is C33H38N4O2S2. The van der Waals surface area contributed by atoms with Gasteiger partial charge in [0.05, 0.1) is 6.04 Å². The molecule has 8 heteroatoms. The maximum absolute atomic E-state index is 6.43. The Kier molecular flexibility index (Phi) is 8.26. The van der Waals surface area contributed by atoms with Gasteiger partial charge < -0.3 is 19.4 Å². The quantitative estimate of drug-likeness (QED) is 0.129. The van der Waals surface area contributed by atoms with Crippen molar-refractivity contribution >= 4 is 35.5 Å². The number of aryl methyl sites for hydroxylation is 1. The number of hydrogen-bond donors (Lipinski definition) is 2. The first-order valence-electron chi connectivity index (χ1n) is 14.2. The second-order valence-corrected chi connectivity index (χ2v) is 12.3. The van der Waals surface area contributed by atoms with Gasteiger partial charge in [-0.25, -0.2) is 5.01 Å². The number of fused-ring (bicyclic) bond motifs is 3. The fourth-order valence-electron chi connectivity index (χ4n) is 5.97. The standard InChI is InChI=1S/C33H38N4O2S2/c1-22-5-9-25(10-6-22)38-23(2)37-20-17-29-30-21-28(40)13-14-31(30)34-32(29)33(37)24-7-11-26(12-8-24)39-27-15-18-36(19-16-27)35(3)41-4/h5-14,21,27,33-34,40H,2,15-20H2,1,3-4H3. The van der Waals surface area contributed by atoms with Gasteiger partial charge in [0, 0.05) is 48.2 Å². The molecular weight excluding hydrogens is 549 g/mol. The molecule has 3 aromatic carbocycles. The normalized spacial score (nSPS) is 18.1. The molecule has 41 heavy (non-hydrogen) atoms. The van der Waals surface area contributed by atoms with E-state index in [1.54, 1.807) is 11.9 Å². The summed E-state index contributed by atoms with van der Waals surface area (Å²) in [5.74, 6) is 2.35. The summed E-state index contributed by atoms with van der Waals surface area (Å²) in [6, 6.07) is 23.0. The summed E-state index contributed by atoms with van der Waals surface area (Å²) in [5, 5.41) is 3.62. The number of hydrazine groups is 1. The summed E-state index contributed by atoms with van der Waals surface area (Å²) in [7, 11) is 2.12. The van der Waals surface area contributed by atoms with Gasteiger partial charge in [0.25, 0.3) is 0 Å². The molecule has 3 heterocycles. The van der Waals surface area contributed by atoms with Crippen LogP contribution >= 0.6 is 24.6 Å². The van der Waals surface area contributed by atoms with E-state index >= 15 is 0 Å². The molecule has 1 aromatic heterocycles. The van der Waals surface area contributed by atoms with E-state index in [0.29, 0.717) is 5.88 Å². The first kappa shape index (κ1) is 28.1. The molecule has 0 aliphatic carbocycles. The van der Waals surface area contributed by atoms with Gasteiger partial charge in [-0.1, -0.05) is 41.8 Å². The van der Waals surface area contributed by atoms with Gasteiger partial charge in [0.1, 0.15) is 17.6 Å². The monoisotopic (exact) mass is 586 g/mol. The number of nitrogens with zero attached hydrogens (tertiary/aromatic N) is 3. The van der Waals surface area contributed by atoms with Gasteiger partial charge >= 0.3 is 0 Å². The molecule has 6 rings (SSSR count). The van der Waals surface area contributed by atoms with Crippen LogP contribution in [0.1, 0.15) is 41.3 Å². The smallest absolute Gasteiger partial charge is 0.189 e. The minimum absolute atomic E-state index is 0.0631. The van der Waals surface area contributed by atoms with Crippen LogP contribution in [0.25, 0.3) is 10.9 Å². The Morgan fingerprint density at radius 3 is 2.41 bits per heavy atom. The third-order valence-corrected chi connectivity index (χ3v) is 9.30. The highest BCUT2D eigenvalue weighted by Crippen LogP contribution is 2.41. The van der Waals surface area contributed by atoms with Crippen molar-refractivity contribution in [2.24, 2.45) is 0 Å². The third kappa shape index (κ3) is 5.97. The van der Waals surface area contributed by atoms with Crippen molar-refractivity contribution in [3.05, 3.63) is 102 Å². The predicted molar refractivity (Wildman–Crippen MR) is 172 cm³/mol. The number of nitrogens with one attached hydrogen (secondary N) is 1. The number of hydrogen-bond acceptors (Lipinski definition) is 7. The van der Waals surface area contributed by atoms with Gasteiger partial charge in [-0.2, -0.15) is 4.41 Å². The first-order chi connectivity index (χ1) is 19.9.